The van der Waals surface area contributed by atoms with Crippen LogP contribution in [0, 0.1) is 0 Å². The number of rotatable bonds is 8. The number of aromatic nitrogens is 1. The van der Waals surface area contributed by atoms with E-state index in [0.717, 1.165) is 35.6 Å². The number of anilines is 1. The number of carbonyl (C=O) groups is 2. The zero-order valence-electron chi connectivity index (χ0n) is 25.7. The summed E-state index contributed by atoms with van der Waals surface area (Å²) in [5.74, 6) is 0.224. The Morgan fingerprint density at radius 1 is 0.976 bits per heavy atom. The fourth-order valence-corrected chi connectivity index (χ4v) is 7.20. The SMILES string of the molecule is CC.CC(C)OC(=O)Nc1ccc(-c2cnc(C3CCC(NC(=O)OC(C)C)CC3)s2)c(S(=O)(=O)NC(C)(C)C)c1. The highest BCUT2D eigenvalue weighted by atomic mass is 32.2. The van der Waals surface area contributed by atoms with Gasteiger partial charge in [-0.3, -0.25) is 5.32 Å². The second kappa shape index (κ2) is 15.0. The van der Waals surface area contributed by atoms with Crippen LogP contribution >= 0.6 is 11.3 Å². The monoisotopic (exact) mass is 610 g/mol. The minimum Gasteiger partial charge on any atom is -0.447 e. The highest BCUT2D eigenvalue weighted by Crippen LogP contribution is 2.40. The zero-order valence-corrected chi connectivity index (χ0v) is 27.3. The van der Waals surface area contributed by atoms with Crippen LogP contribution in [-0.4, -0.2) is 49.4 Å². The number of alkyl carbamates (subject to hydrolysis) is 1. The quantitative estimate of drug-likeness (QED) is 0.292. The number of ether oxygens (including phenoxy) is 2. The van der Waals surface area contributed by atoms with Crippen molar-refractivity contribution in [2.45, 2.75) is 123 Å². The maximum atomic E-state index is 13.4. The van der Waals surface area contributed by atoms with E-state index in [-0.39, 0.29) is 29.1 Å². The van der Waals surface area contributed by atoms with Gasteiger partial charge in [-0.1, -0.05) is 19.9 Å². The molecule has 1 aromatic heterocycles. The first-order chi connectivity index (χ1) is 19.1. The van der Waals surface area contributed by atoms with Crippen LogP contribution in [0.15, 0.2) is 29.3 Å². The normalized spacial score (nSPS) is 17.4. The Bertz CT molecular complexity index is 1260. The van der Waals surface area contributed by atoms with Crippen LogP contribution in [0.4, 0.5) is 15.3 Å². The topological polar surface area (TPSA) is 136 Å². The lowest BCUT2D eigenvalue weighted by atomic mass is 9.86. The van der Waals surface area contributed by atoms with Crippen LogP contribution < -0.4 is 15.4 Å². The number of amides is 2. The summed E-state index contributed by atoms with van der Waals surface area (Å²) in [6, 6.07) is 4.84. The second-order valence-electron chi connectivity index (χ2n) is 11.4. The van der Waals surface area contributed by atoms with Crippen LogP contribution in [0.1, 0.15) is 98.9 Å². The van der Waals surface area contributed by atoms with E-state index >= 15 is 0 Å². The summed E-state index contributed by atoms with van der Waals surface area (Å²) in [5.41, 5.74) is 0.110. The van der Waals surface area contributed by atoms with E-state index in [1.807, 2.05) is 27.7 Å². The Balaban J connectivity index is 0.00000287. The molecule has 1 fully saturated rings. The predicted octanol–water partition coefficient (Wildman–Crippen LogP) is 7.03. The number of thiazole rings is 1. The van der Waals surface area contributed by atoms with Crippen LogP contribution in [0.2, 0.25) is 0 Å². The van der Waals surface area contributed by atoms with E-state index in [0.29, 0.717) is 11.3 Å². The van der Waals surface area contributed by atoms with Crippen molar-refractivity contribution in [3.8, 4) is 10.4 Å². The summed E-state index contributed by atoms with van der Waals surface area (Å²) in [6.07, 6.45) is 3.52. The third kappa shape index (κ3) is 10.9. The summed E-state index contributed by atoms with van der Waals surface area (Å²) in [4.78, 5) is 29.5. The minimum atomic E-state index is -3.94. The molecule has 41 heavy (non-hydrogen) atoms. The fourth-order valence-electron chi connectivity index (χ4n) is 4.35. The average Bonchev–Trinajstić information content (AvgIpc) is 3.33. The van der Waals surface area contributed by atoms with Crippen molar-refractivity contribution in [3.05, 3.63) is 29.4 Å². The van der Waals surface area contributed by atoms with E-state index in [9.17, 15) is 18.0 Å². The molecule has 1 heterocycles. The lowest BCUT2D eigenvalue weighted by molar-refractivity contribution is 0.109. The maximum Gasteiger partial charge on any atom is 0.411 e. The molecule has 0 aliphatic heterocycles. The third-order valence-corrected chi connectivity index (χ3v) is 8.82. The van der Waals surface area contributed by atoms with Gasteiger partial charge in [-0.15, -0.1) is 11.3 Å². The molecule has 0 spiro atoms. The lowest BCUT2D eigenvalue weighted by Crippen LogP contribution is -2.40. The summed E-state index contributed by atoms with van der Waals surface area (Å²) < 4.78 is 39.9. The van der Waals surface area contributed by atoms with Gasteiger partial charge in [0, 0.05) is 34.9 Å². The molecular formula is C29H46N4O6S2. The molecule has 0 atom stereocenters. The molecular weight excluding hydrogens is 564 g/mol. The number of carbonyl (C=O) groups excluding carboxylic acids is 2. The Morgan fingerprint density at radius 3 is 2.12 bits per heavy atom. The van der Waals surface area contributed by atoms with Crippen LogP contribution in [0.25, 0.3) is 10.4 Å². The van der Waals surface area contributed by atoms with Crippen molar-refractivity contribution in [3.63, 3.8) is 0 Å². The molecule has 12 heteroatoms. The van der Waals surface area contributed by atoms with Crippen molar-refractivity contribution in [2.24, 2.45) is 0 Å². The molecule has 1 aliphatic carbocycles. The molecule has 1 aromatic carbocycles. The first kappa shape index (κ1) is 34.5. The number of hydrogen-bond acceptors (Lipinski definition) is 8. The van der Waals surface area contributed by atoms with Gasteiger partial charge >= 0.3 is 12.2 Å². The molecule has 2 aromatic rings. The van der Waals surface area contributed by atoms with Gasteiger partial charge in [-0.2, -0.15) is 0 Å². The Hall–Kier alpha value is -2.70. The van der Waals surface area contributed by atoms with Crippen LogP contribution in [0.3, 0.4) is 0 Å². The highest BCUT2D eigenvalue weighted by molar-refractivity contribution is 7.89. The van der Waals surface area contributed by atoms with Gasteiger partial charge in [0.1, 0.15) is 0 Å². The van der Waals surface area contributed by atoms with Gasteiger partial charge in [-0.05, 0) is 86.3 Å². The lowest BCUT2D eigenvalue weighted by Gasteiger charge is -2.28. The molecule has 2 amide bonds. The zero-order chi connectivity index (χ0) is 31.0. The van der Waals surface area contributed by atoms with Gasteiger partial charge < -0.3 is 14.8 Å². The van der Waals surface area contributed by atoms with E-state index in [2.05, 4.69) is 20.3 Å². The predicted molar refractivity (Wildman–Crippen MR) is 164 cm³/mol. The van der Waals surface area contributed by atoms with Gasteiger partial charge in [-0.25, -0.2) is 27.7 Å². The number of nitrogens with one attached hydrogen (secondary N) is 3. The third-order valence-electron chi connectivity index (χ3n) is 5.83. The molecule has 230 valence electrons. The highest BCUT2D eigenvalue weighted by Gasteiger charge is 2.29. The molecule has 3 N–H and O–H groups in total. The standard InChI is InChI=1S/C27H40N4O6S2.C2H6/c1-16(2)36-25(32)29-19-10-8-18(9-11-19)24-28-15-22(38-24)21-13-12-20(30-26(33)37-17(3)4)14-23(21)39(34,35)31-27(5,6)7;1-2/h12-19,31H,8-11H2,1-7H3,(H,29,32)(H,30,33);1-2H3. The van der Waals surface area contributed by atoms with Crippen molar-refractivity contribution in [1.29, 1.82) is 0 Å². The van der Waals surface area contributed by atoms with Crippen LogP contribution in [-0.2, 0) is 19.5 Å². The van der Waals surface area contributed by atoms with Crippen molar-refractivity contribution in [2.75, 3.05) is 5.32 Å². The summed E-state index contributed by atoms with van der Waals surface area (Å²) in [5, 5.41) is 6.48. The number of nitrogens with zero attached hydrogens (tertiary/aromatic N) is 1. The molecule has 3 rings (SSSR count). The molecule has 1 saturated carbocycles. The Kier molecular flexibility index (Phi) is 12.6. The van der Waals surface area contributed by atoms with Crippen LogP contribution in [0.5, 0.6) is 0 Å². The van der Waals surface area contributed by atoms with Gasteiger partial charge in [0.15, 0.2) is 0 Å². The molecule has 0 radical (unpaired) electrons. The van der Waals surface area contributed by atoms with Crippen molar-refractivity contribution >= 4 is 39.2 Å². The maximum absolute atomic E-state index is 13.4. The molecule has 1 aliphatic rings. The van der Waals surface area contributed by atoms with E-state index in [1.165, 1.54) is 17.4 Å². The van der Waals surface area contributed by atoms with Crippen molar-refractivity contribution < 1.29 is 27.5 Å². The Labute approximate surface area is 249 Å². The van der Waals surface area contributed by atoms with E-state index in [1.54, 1.807) is 52.9 Å². The summed E-state index contributed by atoms with van der Waals surface area (Å²) >= 11 is 1.47. The average molecular weight is 611 g/mol. The fraction of sp³-hybridized carbons (Fsp3) is 0.621. The van der Waals surface area contributed by atoms with Gasteiger partial charge in [0.05, 0.1) is 27.0 Å². The number of sulfonamides is 1. The van der Waals surface area contributed by atoms with E-state index in [4.69, 9.17) is 9.47 Å². The molecule has 10 nitrogen and oxygen atoms in total. The first-order valence-corrected chi connectivity index (χ1v) is 16.5. The molecule has 0 unspecified atom stereocenters. The van der Waals surface area contributed by atoms with Gasteiger partial charge in [0.25, 0.3) is 0 Å². The first-order valence-electron chi connectivity index (χ1n) is 14.2. The molecule has 0 bridgehead atoms. The summed E-state index contributed by atoms with van der Waals surface area (Å²) in [6.45, 7) is 16.4. The second-order valence-corrected chi connectivity index (χ2v) is 14.1. The van der Waals surface area contributed by atoms with Crippen molar-refractivity contribution in [1.82, 2.24) is 15.0 Å². The van der Waals surface area contributed by atoms with Gasteiger partial charge in [0.2, 0.25) is 10.0 Å². The number of hydrogen-bond donors (Lipinski definition) is 3. The number of benzene rings is 1. The molecule has 0 saturated heterocycles. The minimum absolute atomic E-state index is 0.0477. The van der Waals surface area contributed by atoms with E-state index < -0.39 is 27.7 Å². The smallest absolute Gasteiger partial charge is 0.411 e. The largest absolute Gasteiger partial charge is 0.447 e. The summed E-state index contributed by atoms with van der Waals surface area (Å²) in [7, 11) is -3.94. The Morgan fingerprint density at radius 2 is 1.56 bits per heavy atom.